The van der Waals surface area contributed by atoms with Crippen LogP contribution in [0.5, 0.6) is 0 Å². The van der Waals surface area contributed by atoms with Crippen LogP contribution in [0.2, 0.25) is 0 Å². The predicted octanol–water partition coefficient (Wildman–Crippen LogP) is 7.72. The van der Waals surface area contributed by atoms with Crippen LogP contribution in [0, 0.1) is 0 Å². The van der Waals surface area contributed by atoms with Crippen molar-refractivity contribution in [3.8, 4) is 0 Å². The minimum absolute atomic E-state index is 1.27. The summed E-state index contributed by atoms with van der Waals surface area (Å²) in [7, 11) is 0. The number of benzene rings is 5. The Hall–Kier alpha value is -3.12. The summed E-state index contributed by atoms with van der Waals surface area (Å²) >= 11 is 0. The molecule has 0 saturated carbocycles. The van der Waals surface area contributed by atoms with Gasteiger partial charge in [0.15, 0.2) is 0 Å². The molecule has 0 aliphatic rings. The van der Waals surface area contributed by atoms with Crippen molar-refractivity contribution in [2.75, 3.05) is 0 Å². The van der Waals surface area contributed by atoms with Crippen molar-refractivity contribution in [2.45, 2.75) is 13.8 Å². The van der Waals surface area contributed by atoms with Gasteiger partial charge in [-0.05, 0) is 68.1 Å². The third-order valence-electron chi connectivity index (χ3n) is 5.49. The van der Waals surface area contributed by atoms with Crippen molar-refractivity contribution in [3.05, 3.63) is 90.5 Å². The fraction of sp³-hybridized carbons (Fsp3) is 0.0769. The maximum absolute atomic E-state index is 2.30. The second kappa shape index (κ2) is 5.71. The molecule has 0 nitrogen and oxygen atoms in total. The van der Waals surface area contributed by atoms with E-state index in [0.29, 0.717) is 0 Å². The van der Waals surface area contributed by atoms with Gasteiger partial charge in [0.1, 0.15) is 0 Å². The highest BCUT2D eigenvalue weighted by Crippen LogP contribution is 2.41. The summed E-state index contributed by atoms with van der Waals surface area (Å²) < 4.78 is 0. The van der Waals surface area contributed by atoms with Crippen LogP contribution in [-0.2, 0) is 0 Å². The summed E-state index contributed by atoms with van der Waals surface area (Å²) in [5, 5.41) is 10.8. The Morgan fingerprint density at radius 1 is 0.615 bits per heavy atom. The second-order valence-electron chi connectivity index (χ2n) is 6.84. The van der Waals surface area contributed by atoms with E-state index >= 15 is 0 Å². The van der Waals surface area contributed by atoms with E-state index in [0.717, 1.165) is 0 Å². The Morgan fingerprint density at radius 3 is 1.85 bits per heavy atom. The van der Waals surface area contributed by atoms with E-state index < -0.39 is 0 Å². The number of rotatable bonds is 2. The van der Waals surface area contributed by atoms with E-state index in [9.17, 15) is 0 Å². The quantitative estimate of drug-likeness (QED) is 0.176. The monoisotopic (exact) mass is 332 g/mol. The first-order valence-electron chi connectivity index (χ1n) is 9.21. The number of fused-ring (bicyclic) bond motifs is 2. The van der Waals surface area contributed by atoms with Gasteiger partial charge in [-0.15, -0.1) is 0 Å². The lowest BCUT2D eigenvalue weighted by molar-refractivity contribution is 1.64. The first kappa shape index (κ1) is 15.2. The summed E-state index contributed by atoms with van der Waals surface area (Å²) in [6, 6.07) is 24.6. The molecule has 0 radical (unpaired) electrons. The molecule has 124 valence electrons. The van der Waals surface area contributed by atoms with E-state index in [-0.39, 0.29) is 0 Å². The molecule has 0 spiro atoms. The Balaban J connectivity index is 2.07. The molecule has 0 aliphatic carbocycles. The molecule has 0 fully saturated rings. The van der Waals surface area contributed by atoms with Gasteiger partial charge < -0.3 is 0 Å². The summed E-state index contributed by atoms with van der Waals surface area (Å²) in [5.74, 6) is 0. The van der Waals surface area contributed by atoms with Gasteiger partial charge in [-0.25, -0.2) is 0 Å². The van der Waals surface area contributed by atoms with Gasteiger partial charge in [0, 0.05) is 0 Å². The molecule has 0 atom stereocenters. The standard InChI is InChI=1S/C26H20/c1-3-8-17(4-2)19-15-16-24-22-12-6-10-18-9-5-11-21(25(18)22)23-14-7-13-20(19)26(23)24/h3-16H,1-2H3/b8-3-,17-4+. The van der Waals surface area contributed by atoms with Gasteiger partial charge in [0.25, 0.3) is 0 Å². The highest BCUT2D eigenvalue weighted by atomic mass is 14.2. The van der Waals surface area contributed by atoms with Gasteiger partial charge >= 0.3 is 0 Å². The lowest BCUT2D eigenvalue weighted by atomic mass is 9.87. The fourth-order valence-electron chi connectivity index (χ4n) is 4.42. The maximum atomic E-state index is 2.30. The summed E-state index contributed by atoms with van der Waals surface area (Å²) in [6.07, 6.45) is 6.50. The Bertz CT molecular complexity index is 1280. The average molecular weight is 332 g/mol. The highest BCUT2D eigenvalue weighted by Gasteiger charge is 2.14. The minimum Gasteiger partial charge on any atom is -0.0871 e. The summed E-state index contributed by atoms with van der Waals surface area (Å²) in [5.41, 5.74) is 2.58. The summed E-state index contributed by atoms with van der Waals surface area (Å²) in [6.45, 7) is 4.19. The van der Waals surface area contributed by atoms with Gasteiger partial charge in [-0.3, -0.25) is 0 Å². The molecule has 0 aromatic heterocycles. The molecule has 0 N–H and O–H groups in total. The molecule has 0 heteroatoms. The highest BCUT2D eigenvalue weighted by molar-refractivity contribution is 6.33. The average Bonchev–Trinajstić information content (AvgIpc) is 2.70. The smallest absolute Gasteiger partial charge is 0.00201 e. The van der Waals surface area contributed by atoms with E-state index in [2.05, 4.69) is 98.8 Å². The zero-order chi connectivity index (χ0) is 17.7. The van der Waals surface area contributed by atoms with E-state index in [1.165, 1.54) is 54.2 Å². The third kappa shape index (κ3) is 1.96. The van der Waals surface area contributed by atoms with Crippen LogP contribution in [0.25, 0.3) is 48.7 Å². The lowest BCUT2D eigenvalue weighted by Crippen LogP contribution is -1.90. The molecule has 0 unspecified atom stereocenters. The molecule has 0 heterocycles. The molecular formula is C26H20. The Labute approximate surface area is 153 Å². The van der Waals surface area contributed by atoms with Crippen molar-refractivity contribution in [3.63, 3.8) is 0 Å². The minimum atomic E-state index is 1.27. The zero-order valence-corrected chi connectivity index (χ0v) is 15.1. The van der Waals surface area contributed by atoms with Crippen LogP contribution in [-0.4, -0.2) is 0 Å². The SMILES string of the molecule is C/C=C\C(=C/C)c1ccc2c3cccc4cccc(c5cccc1c52)c43. The van der Waals surface area contributed by atoms with Crippen LogP contribution in [0.15, 0.2) is 85.0 Å². The molecule has 5 rings (SSSR count). The zero-order valence-electron chi connectivity index (χ0n) is 15.1. The van der Waals surface area contributed by atoms with Gasteiger partial charge in [-0.1, -0.05) is 85.0 Å². The number of allylic oxidation sites excluding steroid dienone is 4. The molecule has 0 saturated heterocycles. The van der Waals surface area contributed by atoms with Crippen molar-refractivity contribution >= 4 is 48.7 Å². The van der Waals surface area contributed by atoms with Crippen molar-refractivity contribution in [2.24, 2.45) is 0 Å². The van der Waals surface area contributed by atoms with Crippen LogP contribution in [0.4, 0.5) is 0 Å². The van der Waals surface area contributed by atoms with Gasteiger partial charge in [-0.2, -0.15) is 0 Å². The largest absolute Gasteiger partial charge is 0.0871 e. The predicted molar refractivity (Wildman–Crippen MR) is 116 cm³/mol. The lowest BCUT2D eigenvalue weighted by Gasteiger charge is -2.16. The summed E-state index contributed by atoms with van der Waals surface area (Å²) in [4.78, 5) is 0. The third-order valence-corrected chi connectivity index (χ3v) is 5.49. The molecule has 0 aliphatic heterocycles. The molecular weight excluding hydrogens is 312 g/mol. The first-order chi connectivity index (χ1) is 12.8. The topological polar surface area (TPSA) is 0 Å². The normalized spacial score (nSPS) is 13.1. The molecule has 0 bridgehead atoms. The Kier molecular flexibility index (Phi) is 3.33. The fourth-order valence-corrected chi connectivity index (χ4v) is 4.42. The van der Waals surface area contributed by atoms with E-state index in [1.54, 1.807) is 0 Å². The van der Waals surface area contributed by atoms with Crippen molar-refractivity contribution in [1.82, 2.24) is 0 Å². The van der Waals surface area contributed by atoms with Crippen LogP contribution in [0.1, 0.15) is 19.4 Å². The van der Waals surface area contributed by atoms with Crippen LogP contribution < -0.4 is 0 Å². The number of hydrogen-bond donors (Lipinski definition) is 0. The van der Waals surface area contributed by atoms with Crippen LogP contribution >= 0.6 is 0 Å². The molecule has 26 heavy (non-hydrogen) atoms. The molecule has 5 aromatic carbocycles. The van der Waals surface area contributed by atoms with Gasteiger partial charge in [0.2, 0.25) is 0 Å². The molecule has 0 amide bonds. The van der Waals surface area contributed by atoms with Crippen LogP contribution in [0.3, 0.4) is 0 Å². The van der Waals surface area contributed by atoms with E-state index in [4.69, 9.17) is 0 Å². The Morgan fingerprint density at radius 2 is 1.19 bits per heavy atom. The van der Waals surface area contributed by atoms with E-state index in [1.807, 2.05) is 0 Å². The first-order valence-corrected chi connectivity index (χ1v) is 9.21. The second-order valence-corrected chi connectivity index (χ2v) is 6.84. The molecule has 5 aromatic rings. The van der Waals surface area contributed by atoms with Gasteiger partial charge in [0.05, 0.1) is 0 Å². The van der Waals surface area contributed by atoms with Crippen molar-refractivity contribution < 1.29 is 0 Å². The maximum Gasteiger partial charge on any atom is -0.00201 e. The van der Waals surface area contributed by atoms with Crippen molar-refractivity contribution in [1.29, 1.82) is 0 Å². The number of hydrogen-bond acceptors (Lipinski definition) is 0.